The number of carbonyl (C=O) groups is 1. The van der Waals surface area contributed by atoms with Crippen LogP contribution in [0.25, 0.3) is 0 Å². The van der Waals surface area contributed by atoms with E-state index in [4.69, 9.17) is 0 Å². The van der Waals surface area contributed by atoms with Crippen LogP contribution in [0.4, 0.5) is 16.4 Å². The predicted octanol–water partition coefficient (Wildman–Crippen LogP) is 4.33. The Kier molecular flexibility index (Phi) is 4.37. The quantitative estimate of drug-likeness (QED) is 0.468. The summed E-state index contributed by atoms with van der Waals surface area (Å²) in [5.74, 6) is -0.157. The summed E-state index contributed by atoms with van der Waals surface area (Å²) >= 11 is 1.17. The summed E-state index contributed by atoms with van der Waals surface area (Å²) in [4.78, 5) is 24.6. The number of thiophene rings is 1. The zero-order valence-electron chi connectivity index (χ0n) is 12.1. The first-order valence-electron chi connectivity index (χ1n) is 6.58. The van der Waals surface area contributed by atoms with E-state index in [2.05, 4.69) is 0 Å². The first kappa shape index (κ1) is 15.2. The molecule has 0 fully saturated rings. The number of Topliss-reactive ketones (excluding diaryl/α,β-unsaturated/α-hetero) is 1. The molecular formula is C15H16N2O3S. The van der Waals surface area contributed by atoms with Gasteiger partial charge >= 0.3 is 5.69 Å². The second-order valence-corrected chi connectivity index (χ2v) is 5.68. The molecule has 2 rings (SSSR count). The van der Waals surface area contributed by atoms with E-state index in [0.717, 1.165) is 11.3 Å². The van der Waals surface area contributed by atoms with Crippen molar-refractivity contribution in [3.63, 3.8) is 0 Å². The molecule has 0 aliphatic carbocycles. The van der Waals surface area contributed by atoms with Crippen LogP contribution in [-0.2, 0) is 0 Å². The highest BCUT2D eigenvalue weighted by Gasteiger charge is 2.26. The third-order valence-corrected chi connectivity index (χ3v) is 4.45. The zero-order valence-corrected chi connectivity index (χ0v) is 12.9. The second kappa shape index (κ2) is 6.05. The van der Waals surface area contributed by atoms with Crippen molar-refractivity contribution in [3.05, 3.63) is 50.9 Å². The molecule has 0 amide bonds. The fraction of sp³-hybridized carbons (Fsp3) is 0.267. The van der Waals surface area contributed by atoms with Gasteiger partial charge in [0.05, 0.1) is 9.80 Å². The molecule has 0 spiro atoms. The van der Waals surface area contributed by atoms with E-state index in [1.807, 2.05) is 43.0 Å². The number of nitrogens with zero attached hydrogens (tertiary/aromatic N) is 2. The Labute approximate surface area is 127 Å². The van der Waals surface area contributed by atoms with Gasteiger partial charge in [-0.3, -0.25) is 14.9 Å². The van der Waals surface area contributed by atoms with Gasteiger partial charge in [0, 0.05) is 18.3 Å². The topological polar surface area (TPSA) is 63.5 Å². The van der Waals surface area contributed by atoms with Crippen molar-refractivity contribution >= 4 is 33.5 Å². The number of nitro groups is 1. The van der Waals surface area contributed by atoms with Gasteiger partial charge in [-0.05, 0) is 32.4 Å². The summed E-state index contributed by atoms with van der Waals surface area (Å²) in [5, 5.41) is 11.8. The SMILES string of the molecule is CCN(c1ccccc1C)c1sc(C(C)=O)cc1[N+](=O)[O-]. The molecule has 110 valence electrons. The number of ketones is 1. The molecule has 0 unspecified atom stereocenters. The summed E-state index contributed by atoms with van der Waals surface area (Å²) in [6, 6.07) is 9.08. The standard InChI is InChI=1S/C15H16N2O3S/c1-4-16(12-8-6-5-7-10(12)2)15-13(17(19)20)9-14(21-15)11(3)18/h5-9H,4H2,1-3H3. The Balaban J connectivity index is 2.59. The van der Waals surface area contributed by atoms with Gasteiger partial charge in [-0.15, -0.1) is 11.3 Å². The van der Waals surface area contributed by atoms with E-state index in [0.29, 0.717) is 16.4 Å². The smallest absolute Gasteiger partial charge is 0.304 e. The van der Waals surface area contributed by atoms with Crippen LogP contribution in [0.5, 0.6) is 0 Å². The van der Waals surface area contributed by atoms with Crippen molar-refractivity contribution in [1.29, 1.82) is 0 Å². The average Bonchev–Trinajstić information content (AvgIpc) is 2.87. The van der Waals surface area contributed by atoms with Gasteiger partial charge in [-0.2, -0.15) is 0 Å². The number of aryl methyl sites for hydroxylation is 1. The van der Waals surface area contributed by atoms with Crippen LogP contribution in [0.15, 0.2) is 30.3 Å². The molecule has 1 heterocycles. The molecule has 0 saturated carbocycles. The highest BCUT2D eigenvalue weighted by molar-refractivity contribution is 7.18. The van der Waals surface area contributed by atoms with Gasteiger partial charge in [-0.25, -0.2) is 0 Å². The number of rotatable bonds is 5. The molecule has 21 heavy (non-hydrogen) atoms. The molecule has 0 N–H and O–H groups in total. The summed E-state index contributed by atoms with van der Waals surface area (Å²) in [6.45, 7) is 5.90. The molecule has 0 aliphatic heterocycles. The molecular weight excluding hydrogens is 288 g/mol. The third-order valence-electron chi connectivity index (χ3n) is 3.20. The van der Waals surface area contributed by atoms with Crippen LogP contribution < -0.4 is 4.90 Å². The van der Waals surface area contributed by atoms with Crippen LogP contribution in [-0.4, -0.2) is 17.3 Å². The highest BCUT2D eigenvalue weighted by atomic mass is 32.1. The van der Waals surface area contributed by atoms with Gasteiger partial charge in [0.1, 0.15) is 0 Å². The molecule has 0 bridgehead atoms. The number of anilines is 2. The highest BCUT2D eigenvalue weighted by Crippen LogP contribution is 2.41. The van der Waals surface area contributed by atoms with E-state index in [1.165, 1.54) is 24.3 Å². The number of hydrogen-bond donors (Lipinski definition) is 0. The lowest BCUT2D eigenvalue weighted by Gasteiger charge is -2.22. The van der Waals surface area contributed by atoms with Gasteiger partial charge in [0.15, 0.2) is 10.8 Å². The van der Waals surface area contributed by atoms with Crippen molar-refractivity contribution in [2.24, 2.45) is 0 Å². The maximum Gasteiger partial charge on any atom is 0.304 e. The monoisotopic (exact) mass is 304 g/mol. The molecule has 0 aliphatic rings. The Morgan fingerprint density at radius 3 is 2.57 bits per heavy atom. The maximum absolute atomic E-state index is 11.5. The molecule has 1 aromatic heterocycles. The van der Waals surface area contributed by atoms with Crippen molar-refractivity contribution in [3.8, 4) is 0 Å². The first-order chi connectivity index (χ1) is 9.95. The number of para-hydroxylation sites is 1. The third kappa shape index (κ3) is 2.95. The second-order valence-electron chi connectivity index (χ2n) is 4.65. The Morgan fingerprint density at radius 1 is 1.38 bits per heavy atom. The summed E-state index contributed by atoms with van der Waals surface area (Å²) in [5.41, 5.74) is 1.93. The molecule has 2 aromatic rings. The first-order valence-corrected chi connectivity index (χ1v) is 7.39. The lowest BCUT2D eigenvalue weighted by Crippen LogP contribution is -2.16. The molecule has 0 saturated heterocycles. The van der Waals surface area contributed by atoms with E-state index in [-0.39, 0.29) is 11.5 Å². The summed E-state index contributed by atoms with van der Waals surface area (Å²) < 4.78 is 0. The molecule has 6 heteroatoms. The molecule has 0 radical (unpaired) electrons. The molecule has 5 nitrogen and oxygen atoms in total. The van der Waals surface area contributed by atoms with Crippen LogP contribution >= 0.6 is 11.3 Å². The maximum atomic E-state index is 11.5. The normalized spacial score (nSPS) is 10.4. The van der Waals surface area contributed by atoms with Gasteiger partial charge < -0.3 is 4.90 Å². The number of carbonyl (C=O) groups excluding carboxylic acids is 1. The van der Waals surface area contributed by atoms with Gasteiger partial charge in [0.25, 0.3) is 0 Å². The zero-order chi connectivity index (χ0) is 15.6. The lowest BCUT2D eigenvalue weighted by molar-refractivity contribution is -0.383. The minimum absolute atomic E-state index is 0.0182. The van der Waals surface area contributed by atoms with E-state index < -0.39 is 4.92 Å². The van der Waals surface area contributed by atoms with E-state index >= 15 is 0 Å². The van der Waals surface area contributed by atoms with Crippen LogP contribution in [0.1, 0.15) is 29.1 Å². The minimum atomic E-state index is -0.431. The predicted molar refractivity (Wildman–Crippen MR) is 84.8 cm³/mol. The fourth-order valence-electron chi connectivity index (χ4n) is 2.16. The van der Waals surface area contributed by atoms with Crippen molar-refractivity contribution in [1.82, 2.24) is 0 Å². The van der Waals surface area contributed by atoms with E-state index in [1.54, 1.807) is 0 Å². The molecule has 0 atom stereocenters. The Morgan fingerprint density at radius 2 is 2.05 bits per heavy atom. The lowest BCUT2D eigenvalue weighted by atomic mass is 10.2. The summed E-state index contributed by atoms with van der Waals surface area (Å²) in [6.07, 6.45) is 0. The number of hydrogen-bond acceptors (Lipinski definition) is 5. The van der Waals surface area contributed by atoms with Crippen molar-refractivity contribution < 1.29 is 9.72 Å². The average molecular weight is 304 g/mol. The molecule has 1 aromatic carbocycles. The van der Waals surface area contributed by atoms with Gasteiger partial charge in [0.2, 0.25) is 0 Å². The minimum Gasteiger partial charge on any atom is -0.328 e. The summed E-state index contributed by atoms with van der Waals surface area (Å²) in [7, 11) is 0. The largest absolute Gasteiger partial charge is 0.328 e. The van der Waals surface area contributed by atoms with Gasteiger partial charge in [-0.1, -0.05) is 18.2 Å². The Hall–Kier alpha value is -2.21. The van der Waals surface area contributed by atoms with Crippen molar-refractivity contribution in [2.75, 3.05) is 11.4 Å². The van der Waals surface area contributed by atoms with E-state index in [9.17, 15) is 14.9 Å². The van der Waals surface area contributed by atoms with Crippen LogP contribution in [0, 0.1) is 17.0 Å². The van der Waals surface area contributed by atoms with Crippen LogP contribution in [0.2, 0.25) is 0 Å². The number of benzene rings is 1. The van der Waals surface area contributed by atoms with Crippen LogP contribution in [0.3, 0.4) is 0 Å². The van der Waals surface area contributed by atoms with Crippen molar-refractivity contribution in [2.45, 2.75) is 20.8 Å². The fourth-order valence-corrected chi connectivity index (χ4v) is 3.26. The Bertz CT molecular complexity index is 694.